The molecule has 0 unspecified atom stereocenters. The van der Waals surface area contributed by atoms with Crippen molar-refractivity contribution in [3.63, 3.8) is 0 Å². The zero-order valence-corrected chi connectivity index (χ0v) is 15.5. The number of benzene rings is 1. The van der Waals surface area contributed by atoms with Crippen LogP contribution in [0.5, 0.6) is 0 Å². The van der Waals surface area contributed by atoms with Gasteiger partial charge in [0.1, 0.15) is 5.60 Å². The molecule has 1 aliphatic carbocycles. The second kappa shape index (κ2) is 7.02. The number of ether oxygens (including phenoxy) is 1. The van der Waals surface area contributed by atoms with Gasteiger partial charge in [-0.2, -0.15) is 0 Å². The van der Waals surface area contributed by atoms with E-state index in [1.807, 2.05) is 0 Å². The molecule has 1 heterocycles. The Hall–Kier alpha value is -2.90. The Morgan fingerprint density at radius 2 is 1.67 bits per heavy atom. The van der Waals surface area contributed by atoms with Crippen LogP contribution in [0.3, 0.4) is 0 Å². The third-order valence-corrected chi connectivity index (χ3v) is 4.46. The van der Waals surface area contributed by atoms with Crippen molar-refractivity contribution in [3.05, 3.63) is 35.4 Å². The Morgan fingerprint density at radius 3 is 2.22 bits per heavy atom. The van der Waals surface area contributed by atoms with Crippen LogP contribution in [0.25, 0.3) is 0 Å². The largest absolute Gasteiger partial charge is 0.444 e. The van der Waals surface area contributed by atoms with Gasteiger partial charge in [-0.3, -0.25) is 9.59 Å². The molecule has 1 fully saturated rings. The number of rotatable bonds is 3. The lowest BCUT2D eigenvalue weighted by Gasteiger charge is -2.24. The van der Waals surface area contributed by atoms with Crippen molar-refractivity contribution in [1.82, 2.24) is 10.4 Å². The van der Waals surface area contributed by atoms with Crippen LogP contribution in [0, 0.1) is 5.92 Å². The van der Waals surface area contributed by atoms with E-state index >= 15 is 0 Å². The van der Waals surface area contributed by atoms with Crippen molar-refractivity contribution in [1.29, 1.82) is 0 Å². The SMILES string of the molecule is CC(C)(C)OC(=O)N[C@H]1CCC[C@@H]1C(=O)ON1C(=O)c2ccccc2C1=O. The summed E-state index contributed by atoms with van der Waals surface area (Å²) in [6, 6.07) is 5.81. The van der Waals surface area contributed by atoms with Crippen LogP contribution in [-0.2, 0) is 14.4 Å². The summed E-state index contributed by atoms with van der Waals surface area (Å²) in [5.41, 5.74) is -0.255. The summed E-state index contributed by atoms with van der Waals surface area (Å²) in [5.74, 6) is -2.71. The van der Waals surface area contributed by atoms with Gasteiger partial charge in [0.05, 0.1) is 17.0 Å². The molecule has 0 saturated heterocycles. The van der Waals surface area contributed by atoms with Crippen LogP contribution >= 0.6 is 0 Å². The van der Waals surface area contributed by atoms with Crippen LogP contribution in [-0.4, -0.2) is 40.6 Å². The monoisotopic (exact) mass is 374 g/mol. The number of carbonyl (C=O) groups excluding carboxylic acids is 4. The van der Waals surface area contributed by atoms with Gasteiger partial charge in [-0.05, 0) is 45.7 Å². The van der Waals surface area contributed by atoms with Crippen molar-refractivity contribution < 1.29 is 28.8 Å². The lowest BCUT2D eigenvalue weighted by molar-refractivity contribution is -0.174. The van der Waals surface area contributed by atoms with Crippen molar-refractivity contribution in [2.45, 2.75) is 51.7 Å². The van der Waals surface area contributed by atoms with Crippen LogP contribution in [0.1, 0.15) is 60.7 Å². The third-order valence-electron chi connectivity index (χ3n) is 4.46. The highest BCUT2D eigenvalue weighted by Crippen LogP contribution is 2.29. The number of carbonyl (C=O) groups is 4. The molecule has 0 spiro atoms. The molecule has 0 bridgehead atoms. The molecule has 1 aromatic rings. The molecule has 1 saturated carbocycles. The minimum atomic E-state index is -0.719. The molecule has 27 heavy (non-hydrogen) atoms. The van der Waals surface area contributed by atoms with E-state index in [1.165, 1.54) is 12.1 Å². The lowest BCUT2D eigenvalue weighted by Crippen LogP contribution is -2.45. The predicted octanol–water partition coefficient (Wildman–Crippen LogP) is 2.43. The minimum absolute atomic E-state index is 0.199. The van der Waals surface area contributed by atoms with Crippen LogP contribution in [0.15, 0.2) is 24.3 Å². The average molecular weight is 374 g/mol. The molecule has 2 aliphatic rings. The van der Waals surface area contributed by atoms with Gasteiger partial charge in [0.2, 0.25) is 0 Å². The van der Waals surface area contributed by atoms with E-state index in [0.29, 0.717) is 24.3 Å². The average Bonchev–Trinajstić information content (AvgIpc) is 3.12. The normalized spacial score (nSPS) is 21.8. The first-order chi connectivity index (χ1) is 12.7. The summed E-state index contributed by atoms with van der Waals surface area (Å²) in [5, 5.41) is 3.18. The minimum Gasteiger partial charge on any atom is -0.444 e. The van der Waals surface area contributed by atoms with Gasteiger partial charge in [-0.25, -0.2) is 9.59 Å². The molecule has 3 rings (SSSR count). The van der Waals surface area contributed by atoms with Gasteiger partial charge in [0.25, 0.3) is 11.8 Å². The number of hydrogen-bond donors (Lipinski definition) is 1. The summed E-state index contributed by atoms with van der Waals surface area (Å²) in [4.78, 5) is 54.3. The van der Waals surface area contributed by atoms with E-state index in [-0.39, 0.29) is 11.1 Å². The number of nitrogens with one attached hydrogen (secondary N) is 1. The number of hydrogen-bond acceptors (Lipinski definition) is 6. The molecule has 8 heteroatoms. The van der Waals surface area contributed by atoms with Crippen LogP contribution < -0.4 is 5.32 Å². The van der Waals surface area contributed by atoms with E-state index < -0.39 is 41.4 Å². The Kier molecular flexibility index (Phi) is 4.91. The van der Waals surface area contributed by atoms with Gasteiger partial charge < -0.3 is 14.9 Å². The number of amides is 3. The smallest absolute Gasteiger partial charge is 0.407 e. The first kappa shape index (κ1) is 18.9. The van der Waals surface area contributed by atoms with Gasteiger partial charge in [-0.1, -0.05) is 23.6 Å². The first-order valence-corrected chi connectivity index (χ1v) is 8.86. The predicted molar refractivity (Wildman–Crippen MR) is 93.5 cm³/mol. The standard InChI is InChI=1S/C19H22N2O6/c1-19(2,3)26-18(25)20-14-10-6-9-13(14)17(24)27-21-15(22)11-7-4-5-8-12(11)16(21)23/h4-5,7-8,13-14H,6,9-10H2,1-3H3,(H,20,25)/t13-,14-/m0/s1. The number of fused-ring (bicyclic) bond motifs is 1. The van der Waals surface area contributed by atoms with Gasteiger partial charge >= 0.3 is 12.1 Å². The Morgan fingerprint density at radius 1 is 1.07 bits per heavy atom. The molecule has 1 N–H and O–H groups in total. The van der Waals surface area contributed by atoms with Gasteiger partial charge in [0, 0.05) is 6.04 Å². The van der Waals surface area contributed by atoms with Crippen molar-refractivity contribution in [2.75, 3.05) is 0 Å². The molecular weight excluding hydrogens is 352 g/mol. The lowest BCUT2D eigenvalue weighted by atomic mass is 10.0. The zero-order valence-electron chi connectivity index (χ0n) is 15.5. The second-order valence-electron chi connectivity index (χ2n) is 7.65. The van der Waals surface area contributed by atoms with E-state index in [1.54, 1.807) is 32.9 Å². The highest BCUT2D eigenvalue weighted by Gasteiger charge is 2.42. The van der Waals surface area contributed by atoms with Crippen molar-refractivity contribution in [3.8, 4) is 0 Å². The number of hydroxylamine groups is 2. The van der Waals surface area contributed by atoms with Crippen LogP contribution in [0.2, 0.25) is 0 Å². The molecule has 8 nitrogen and oxygen atoms in total. The zero-order chi connectivity index (χ0) is 19.8. The van der Waals surface area contributed by atoms with Crippen molar-refractivity contribution >= 4 is 23.9 Å². The molecule has 1 aromatic carbocycles. The first-order valence-electron chi connectivity index (χ1n) is 8.86. The maximum Gasteiger partial charge on any atom is 0.407 e. The highest BCUT2D eigenvalue weighted by atomic mass is 16.7. The van der Waals surface area contributed by atoms with E-state index in [9.17, 15) is 19.2 Å². The van der Waals surface area contributed by atoms with Crippen molar-refractivity contribution in [2.24, 2.45) is 5.92 Å². The number of nitrogens with zero attached hydrogens (tertiary/aromatic N) is 1. The fourth-order valence-electron chi connectivity index (χ4n) is 3.28. The quantitative estimate of drug-likeness (QED) is 0.816. The Labute approximate surface area is 156 Å². The fraction of sp³-hybridized carbons (Fsp3) is 0.474. The Balaban J connectivity index is 1.65. The molecule has 2 atom stereocenters. The molecule has 3 amide bonds. The molecule has 1 aliphatic heterocycles. The van der Waals surface area contributed by atoms with Gasteiger partial charge in [-0.15, -0.1) is 0 Å². The number of alkyl carbamates (subject to hydrolysis) is 1. The summed E-state index contributed by atoms with van der Waals surface area (Å²) < 4.78 is 5.22. The summed E-state index contributed by atoms with van der Waals surface area (Å²) in [6.45, 7) is 5.24. The highest BCUT2D eigenvalue weighted by molar-refractivity contribution is 6.20. The maximum absolute atomic E-state index is 12.6. The van der Waals surface area contributed by atoms with E-state index in [2.05, 4.69) is 5.32 Å². The number of imide groups is 1. The molecular formula is C19H22N2O6. The van der Waals surface area contributed by atoms with E-state index in [4.69, 9.17) is 9.57 Å². The summed E-state index contributed by atoms with van der Waals surface area (Å²) >= 11 is 0. The summed E-state index contributed by atoms with van der Waals surface area (Å²) in [7, 11) is 0. The molecule has 0 aromatic heterocycles. The molecule has 0 radical (unpaired) electrons. The maximum atomic E-state index is 12.6. The third kappa shape index (κ3) is 3.94. The van der Waals surface area contributed by atoms with Crippen LogP contribution in [0.4, 0.5) is 4.79 Å². The molecule has 144 valence electrons. The Bertz CT molecular complexity index is 763. The second-order valence-corrected chi connectivity index (χ2v) is 7.65. The fourth-order valence-corrected chi connectivity index (χ4v) is 3.28. The topological polar surface area (TPSA) is 102 Å². The van der Waals surface area contributed by atoms with Gasteiger partial charge in [0.15, 0.2) is 0 Å². The summed E-state index contributed by atoms with van der Waals surface area (Å²) in [6.07, 6.45) is 1.17. The van der Waals surface area contributed by atoms with E-state index in [0.717, 1.165) is 0 Å².